The number of aromatic carboxylic acids is 1. The van der Waals surface area contributed by atoms with E-state index in [0.717, 1.165) is 50.6 Å². The number of nitro groups is 1. The minimum absolute atomic E-state index is 0.0918. The topological polar surface area (TPSA) is 103 Å². The lowest BCUT2D eigenvalue weighted by Gasteiger charge is -2.49. The van der Waals surface area contributed by atoms with Crippen LogP contribution in [0.1, 0.15) is 49.0 Å². The molecule has 2 aromatic rings. The summed E-state index contributed by atoms with van der Waals surface area (Å²) in [4.78, 5) is 33.0. The molecule has 3 heterocycles. The Kier molecular flexibility index (Phi) is 6.60. The summed E-state index contributed by atoms with van der Waals surface area (Å²) in [6, 6.07) is 11.0. The maximum Gasteiger partial charge on any atom is 0.354 e. The van der Waals surface area contributed by atoms with Crippen LogP contribution in [0.15, 0.2) is 42.6 Å². The van der Waals surface area contributed by atoms with Gasteiger partial charge in [-0.05, 0) is 68.2 Å². The smallest absolute Gasteiger partial charge is 0.354 e. The molecule has 3 fully saturated rings. The number of nitro benzene ring substituents is 1. The second kappa shape index (κ2) is 9.81. The number of aromatic nitrogens is 1. The van der Waals surface area contributed by atoms with Crippen LogP contribution in [-0.4, -0.2) is 71.2 Å². The van der Waals surface area contributed by atoms with Crippen molar-refractivity contribution in [2.75, 3.05) is 49.1 Å². The normalized spacial score (nSPS) is 21.3. The average molecular weight is 480 g/mol. The van der Waals surface area contributed by atoms with Gasteiger partial charge in [0.2, 0.25) is 0 Å². The van der Waals surface area contributed by atoms with Crippen LogP contribution in [-0.2, 0) is 0 Å². The summed E-state index contributed by atoms with van der Waals surface area (Å²) in [5.74, 6) is -0.987. The molecule has 9 heteroatoms. The molecule has 1 spiro atoms. The maximum atomic E-state index is 11.0. The molecule has 186 valence electrons. The number of hydrogen-bond acceptors (Lipinski definition) is 7. The van der Waals surface area contributed by atoms with Crippen LogP contribution in [0.2, 0.25) is 0 Å². The van der Waals surface area contributed by atoms with Gasteiger partial charge in [-0.3, -0.25) is 15.0 Å². The van der Waals surface area contributed by atoms with Crippen LogP contribution in [0, 0.1) is 15.5 Å². The van der Waals surface area contributed by atoms with Gasteiger partial charge < -0.3 is 14.9 Å². The van der Waals surface area contributed by atoms with Gasteiger partial charge >= 0.3 is 5.97 Å². The highest BCUT2D eigenvalue weighted by atomic mass is 16.6. The van der Waals surface area contributed by atoms with E-state index in [1.165, 1.54) is 38.5 Å². The molecule has 35 heavy (non-hydrogen) atoms. The molecule has 1 aromatic heterocycles. The van der Waals surface area contributed by atoms with Gasteiger partial charge in [0.25, 0.3) is 5.69 Å². The average Bonchev–Trinajstić information content (AvgIpc) is 2.90. The molecule has 0 bridgehead atoms. The predicted octanol–water partition coefficient (Wildman–Crippen LogP) is 4.04. The fraction of sp³-hybridized carbons (Fsp3) is 0.538. The molecule has 2 aliphatic heterocycles. The van der Waals surface area contributed by atoms with E-state index in [4.69, 9.17) is 5.11 Å². The van der Waals surface area contributed by atoms with Crippen molar-refractivity contribution < 1.29 is 14.8 Å². The number of carboxylic acids is 1. The summed E-state index contributed by atoms with van der Waals surface area (Å²) in [6.07, 6.45) is 9.14. The Morgan fingerprint density at radius 3 is 2.03 bits per heavy atom. The minimum Gasteiger partial charge on any atom is -0.477 e. The lowest BCUT2D eigenvalue weighted by molar-refractivity contribution is -0.384. The predicted molar refractivity (Wildman–Crippen MR) is 134 cm³/mol. The van der Waals surface area contributed by atoms with Crippen molar-refractivity contribution in [2.24, 2.45) is 5.41 Å². The standard InChI is InChI=1S/C26H33N5O4/c32-25(33)24-6-5-23(19-27-24)28-13-11-26(12-14-28)9-7-21(8-10-26)30-17-15-29(16-18-30)20-1-3-22(4-2-20)31(34)35/h1-6,19,21H,7-18H2,(H,32,33). The van der Waals surface area contributed by atoms with Crippen LogP contribution in [0.5, 0.6) is 0 Å². The third-order valence-corrected chi connectivity index (χ3v) is 8.43. The monoisotopic (exact) mass is 479 g/mol. The van der Waals surface area contributed by atoms with Gasteiger partial charge in [0, 0.05) is 63.1 Å². The summed E-state index contributed by atoms with van der Waals surface area (Å²) < 4.78 is 0. The van der Waals surface area contributed by atoms with Crippen molar-refractivity contribution >= 4 is 23.0 Å². The fourth-order valence-electron chi connectivity index (χ4n) is 6.15. The van der Waals surface area contributed by atoms with Crippen LogP contribution < -0.4 is 9.80 Å². The zero-order valence-corrected chi connectivity index (χ0v) is 20.0. The Labute approximate surface area is 205 Å². The first kappa shape index (κ1) is 23.5. The van der Waals surface area contributed by atoms with Crippen LogP contribution in [0.3, 0.4) is 0 Å². The highest BCUT2D eigenvalue weighted by molar-refractivity contribution is 5.85. The van der Waals surface area contributed by atoms with E-state index < -0.39 is 5.97 Å². The van der Waals surface area contributed by atoms with E-state index in [0.29, 0.717) is 11.5 Å². The third-order valence-electron chi connectivity index (χ3n) is 8.43. The highest BCUT2D eigenvalue weighted by Gasteiger charge is 2.39. The fourth-order valence-corrected chi connectivity index (χ4v) is 6.15. The van der Waals surface area contributed by atoms with E-state index in [1.807, 2.05) is 18.2 Å². The number of anilines is 2. The Bertz CT molecular complexity index is 1030. The van der Waals surface area contributed by atoms with Crippen LogP contribution in [0.4, 0.5) is 17.1 Å². The number of pyridine rings is 1. The largest absolute Gasteiger partial charge is 0.477 e. The number of benzene rings is 1. The van der Waals surface area contributed by atoms with Crippen molar-refractivity contribution in [3.05, 3.63) is 58.4 Å². The zero-order chi connectivity index (χ0) is 24.4. The number of carbonyl (C=O) groups is 1. The SMILES string of the molecule is O=C(O)c1ccc(N2CCC3(CCC(N4CCN(c5ccc([N+](=O)[O-])cc5)CC4)CC3)CC2)cn1. The molecule has 0 unspecified atom stereocenters. The maximum absolute atomic E-state index is 11.0. The number of piperidine rings is 1. The molecule has 3 aliphatic rings. The number of hydrogen-bond donors (Lipinski definition) is 1. The number of nitrogens with zero attached hydrogens (tertiary/aromatic N) is 5. The summed E-state index contributed by atoms with van der Waals surface area (Å²) in [7, 11) is 0. The first-order valence-corrected chi connectivity index (χ1v) is 12.6. The molecule has 0 amide bonds. The third kappa shape index (κ3) is 5.10. The number of piperazine rings is 1. The van der Waals surface area contributed by atoms with Gasteiger partial charge in [0.15, 0.2) is 0 Å². The lowest BCUT2D eigenvalue weighted by Crippen LogP contribution is -2.52. The molecule has 9 nitrogen and oxygen atoms in total. The van der Waals surface area contributed by atoms with E-state index in [9.17, 15) is 14.9 Å². The summed E-state index contributed by atoms with van der Waals surface area (Å²) in [5.41, 5.74) is 2.76. The van der Waals surface area contributed by atoms with Crippen molar-refractivity contribution in [2.45, 2.75) is 44.6 Å². The van der Waals surface area contributed by atoms with Crippen molar-refractivity contribution in [1.29, 1.82) is 0 Å². The van der Waals surface area contributed by atoms with Gasteiger partial charge in [0.1, 0.15) is 5.69 Å². The minimum atomic E-state index is -0.987. The van der Waals surface area contributed by atoms with E-state index in [2.05, 4.69) is 19.7 Å². The quantitative estimate of drug-likeness (QED) is 0.506. The Hall–Kier alpha value is -3.20. The van der Waals surface area contributed by atoms with Crippen molar-refractivity contribution in [3.8, 4) is 0 Å². The first-order chi connectivity index (χ1) is 16.9. The van der Waals surface area contributed by atoms with Gasteiger partial charge in [-0.2, -0.15) is 0 Å². The molecule has 2 saturated heterocycles. The summed E-state index contributed by atoms with van der Waals surface area (Å²) >= 11 is 0. The van der Waals surface area contributed by atoms with Crippen LogP contribution >= 0.6 is 0 Å². The second-order valence-corrected chi connectivity index (χ2v) is 10.2. The van der Waals surface area contributed by atoms with Gasteiger partial charge in [0.05, 0.1) is 16.8 Å². The van der Waals surface area contributed by atoms with Gasteiger partial charge in [-0.15, -0.1) is 0 Å². The first-order valence-electron chi connectivity index (χ1n) is 12.6. The number of rotatable bonds is 5. The molecule has 0 atom stereocenters. The van der Waals surface area contributed by atoms with Crippen molar-refractivity contribution in [1.82, 2.24) is 9.88 Å². The molecular weight excluding hydrogens is 446 g/mol. The van der Waals surface area contributed by atoms with Crippen LogP contribution in [0.25, 0.3) is 0 Å². The number of carboxylic acid groups (broad SMARTS) is 1. The lowest BCUT2D eigenvalue weighted by atomic mass is 9.66. The molecule has 0 radical (unpaired) electrons. The molecular formula is C26H33N5O4. The Morgan fingerprint density at radius 2 is 1.49 bits per heavy atom. The zero-order valence-electron chi connectivity index (χ0n) is 20.0. The van der Waals surface area contributed by atoms with E-state index >= 15 is 0 Å². The Balaban J connectivity index is 1.08. The molecule has 1 saturated carbocycles. The number of non-ortho nitro benzene ring substituents is 1. The summed E-state index contributed by atoms with van der Waals surface area (Å²) in [5, 5.41) is 20.0. The highest BCUT2D eigenvalue weighted by Crippen LogP contribution is 2.46. The summed E-state index contributed by atoms with van der Waals surface area (Å²) in [6.45, 7) is 6.02. The molecule has 5 rings (SSSR count). The second-order valence-electron chi connectivity index (χ2n) is 10.2. The molecule has 1 aliphatic carbocycles. The Morgan fingerprint density at radius 1 is 0.886 bits per heavy atom. The van der Waals surface area contributed by atoms with E-state index in [-0.39, 0.29) is 16.3 Å². The van der Waals surface area contributed by atoms with Gasteiger partial charge in [-0.25, -0.2) is 9.78 Å². The van der Waals surface area contributed by atoms with E-state index in [1.54, 1.807) is 24.4 Å². The molecule has 1 aromatic carbocycles. The molecule has 1 N–H and O–H groups in total. The van der Waals surface area contributed by atoms with Crippen molar-refractivity contribution in [3.63, 3.8) is 0 Å². The van der Waals surface area contributed by atoms with Gasteiger partial charge in [-0.1, -0.05) is 0 Å².